The fourth-order valence-corrected chi connectivity index (χ4v) is 3.15. The van der Waals surface area contributed by atoms with Crippen molar-refractivity contribution in [3.63, 3.8) is 0 Å². The molecule has 4 N–H and O–H groups in total. The fourth-order valence-electron chi connectivity index (χ4n) is 2.90. The summed E-state index contributed by atoms with van der Waals surface area (Å²) in [5.74, 6) is 0.543. The summed E-state index contributed by atoms with van der Waals surface area (Å²) in [6.45, 7) is 3.74. The first kappa shape index (κ1) is 18.3. The highest BCUT2D eigenvalue weighted by Gasteiger charge is 2.43. The molecule has 2 aromatic heterocycles. The van der Waals surface area contributed by atoms with Crippen molar-refractivity contribution in [2.24, 2.45) is 0 Å². The van der Waals surface area contributed by atoms with Crippen LogP contribution in [0.1, 0.15) is 26.5 Å². The molecule has 2 aromatic rings. The number of nitrogens with zero attached hydrogens (tertiary/aromatic N) is 4. The normalized spacial score (nSPS) is 29.0. The van der Waals surface area contributed by atoms with Crippen LogP contribution in [-0.4, -0.2) is 71.2 Å². The molecule has 6 atom stereocenters. The van der Waals surface area contributed by atoms with Crippen LogP contribution < -0.4 is 5.32 Å². The first-order valence-electron chi connectivity index (χ1n) is 8.17. The fraction of sp³-hybridized carbons (Fsp3) is 0.667. The van der Waals surface area contributed by atoms with E-state index in [1.807, 2.05) is 13.8 Å². The lowest BCUT2D eigenvalue weighted by Gasteiger charge is -2.19. The Bertz CT molecular complexity index is 729. The van der Waals surface area contributed by atoms with Crippen LogP contribution in [0.4, 0.5) is 5.82 Å². The maximum Gasteiger partial charge on any atom is 0.167 e. The van der Waals surface area contributed by atoms with Crippen molar-refractivity contribution in [1.82, 2.24) is 19.5 Å². The summed E-state index contributed by atoms with van der Waals surface area (Å²) in [7, 11) is 0. The number of fused-ring (bicyclic) bond motifs is 1. The molecule has 25 heavy (non-hydrogen) atoms. The molecule has 138 valence electrons. The summed E-state index contributed by atoms with van der Waals surface area (Å²) in [5, 5.41) is 33.3. The van der Waals surface area contributed by atoms with Gasteiger partial charge < -0.3 is 25.4 Å². The molecule has 3 rings (SSSR count). The van der Waals surface area contributed by atoms with E-state index in [0.717, 1.165) is 0 Å². The number of imidazole rings is 1. The number of alkyl halides is 1. The number of aliphatic hydroxyl groups is 3. The van der Waals surface area contributed by atoms with Crippen molar-refractivity contribution >= 4 is 28.6 Å². The van der Waals surface area contributed by atoms with E-state index in [-0.39, 0.29) is 11.9 Å². The molecule has 0 aliphatic carbocycles. The summed E-state index contributed by atoms with van der Waals surface area (Å²) in [6, 6.07) is -0.218. The van der Waals surface area contributed by atoms with Gasteiger partial charge in [-0.05, 0) is 13.3 Å². The maximum atomic E-state index is 10.2. The average molecular weight is 372 g/mol. The van der Waals surface area contributed by atoms with Crippen LogP contribution in [0.15, 0.2) is 12.7 Å². The highest BCUT2D eigenvalue weighted by molar-refractivity contribution is 6.18. The van der Waals surface area contributed by atoms with E-state index in [1.54, 1.807) is 4.57 Å². The predicted octanol–water partition coefficient (Wildman–Crippen LogP) is 0.256. The van der Waals surface area contributed by atoms with Gasteiger partial charge in [0, 0.05) is 0 Å². The predicted molar refractivity (Wildman–Crippen MR) is 91.3 cm³/mol. The molecule has 0 radical (unpaired) electrons. The van der Waals surface area contributed by atoms with Crippen molar-refractivity contribution in [1.29, 1.82) is 0 Å². The number of aromatic nitrogens is 4. The van der Waals surface area contributed by atoms with Gasteiger partial charge in [0.1, 0.15) is 24.6 Å². The van der Waals surface area contributed by atoms with Gasteiger partial charge in [0.2, 0.25) is 0 Å². The largest absolute Gasteiger partial charge is 0.391 e. The number of hydrogen-bond acceptors (Lipinski definition) is 8. The number of rotatable bonds is 6. The maximum absolute atomic E-state index is 10.2. The zero-order chi connectivity index (χ0) is 18.1. The number of halogens is 1. The third-order valence-electron chi connectivity index (χ3n) is 4.48. The van der Waals surface area contributed by atoms with Gasteiger partial charge in [-0.25, -0.2) is 15.0 Å². The SMILES string of the molecule is CCC(O)C(C)Nc1ncnc2c1ncn2[C@@H]1O[C@H](CCl)[C@@H](O)[C@H]1O. The third kappa shape index (κ3) is 3.30. The molecule has 0 saturated carbocycles. The van der Waals surface area contributed by atoms with Gasteiger partial charge in [-0.15, -0.1) is 11.6 Å². The molecule has 3 heterocycles. The topological polar surface area (TPSA) is 126 Å². The van der Waals surface area contributed by atoms with E-state index >= 15 is 0 Å². The number of anilines is 1. The van der Waals surface area contributed by atoms with Crippen LogP contribution in [0.3, 0.4) is 0 Å². The van der Waals surface area contributed by atoms with Gasteiger partial charge in [-0.3, -0.25) is 4.57 Å². The zero-order valence-electron chi connectivity index (χ0n) is 13.9. The van der Waals surface area contributed by atoms with Crippen LogP contribution in [0, 0.1) is 0 Å². The Labute approximate surface area is 149 Å². The molecule has 0 spiro atoms. The number of hydrogen-bond donors (Lipinski definition) is 4. The Balaban J connectivity index is 1.91. The minimum atomic E-state index is -1.15. The number of ether oxygens (including phenoxy) is 1. The quantitative estimate of drug-likeness (QED) is 0.533. The first-order valence-corrected chi connectivity index (χ1v) is 8.71. The van der Waals surface area contributed by atoms with E-state index in [0.29, 0.717) is 23.4 Å². The summed E-state index contributed by atoms with van der Waals surface area (Å²) in [5.41, 5.74) is 0.930. The monoisotopic (exact) mass is 371 g/mol. The van der Waals surface area contributed by atoms with E-state index < -0.39 is 30.6 Å². The van der Waals surface area contributed by atoms with Crippen molar-refractivity contribution in [2.45, 2.75) is 57.0 Å². The Hall–Kier alpha value is -1.52. The number of aliphatic hydroxyl groups excluding tert-OH is 3. The van der Waals surface area contributed by atoms with Crippen molar-refractivity contribution in [2.75, 3.05) is 11.2 Å². The lowest BCUT2D eigenvalue weighted by molar-refractivity contribution is -0.0291. The molecule has 1 aliphatic rings. The lowest BCUT2D eigenvalue weighted by atomic mass is 10.1. The lowest BCUT2D eigenvalue weighted by Crippen LogP contribution is -2.32. The Kier molecular flexibility index (Phi) is 5.40. The van der Waals surface area contributed by atoms with Crippen molar-refractivity contribution in [3.05, 3.63) is 12.7 Å². The minimum Gasteiger partial charge on any atom is -0.391 e. The van der Waals surface area contributed by atoms with E-state index in [9.17, 15) is 15.3 Å². The second-order valence-electron chi connectivity index (χ2n) is 6.16. The summed E-state index contributed by atoms with van der Waals surface area (Å²) < 4.78 is 7.18. The molecule has 2 unspecified atom stereocenters. The standard InChI is InChI=1S/C15H22ClN5O4/c1-3-8(22)7(2)20-13-10-14(18-5-17-13)21(6-19-10)15-12(24)11(23)9(4-16)25-15/h5-9,11-12,15,22-24H,3-4H2,1-2H3,(H,17,18,20)/t7?,8?,9-,11-,12-,15-/m1/s1. The summed E-state index contributed by atoms with van der Waals surface area (Å²) in [6.07, 6.45) is -0.813. The molecule has 0 amide bonds. The molecule has 0 aromatic carbocycles. The Morgan fingerprint density at radius 1 is 1.32 bits per heavy atom. The number of nitrogens with one attached hydrogen (secondary N) is 1. The second-order valence-corrected chi connectivity index (χ2v) is 6.46. The van der Waals surface area contributed by atoms with Gasteiger partial charge in [0.15, 0.2) is 23.2 Å². The molecular weight excluding hydrogens is 350 g/mol. The Morgan fingerprint density at radius 3 is 2.72 bits per heavy atom. The van der Waals surface area contributed by atoms with Crippen molar-refractivity contribution in [3.8, 4) is 0 Å². The van der Waals surface area contributed by atoms with Gasteiger partial charge in [-0.2, -0.15) is 0 Å². The molecule has 9 nitrogen and oxygen atoms in total. The van der Waals surface area contributed by atoms with Crippen LogP contribution in [0.2, 0.25) is 0 Å². The Morgan fingerprint density at radius 2 is 2.08 bits per heavy atom. The van der Waals surface area contributed by atoms with E-state index in [1.165, 1.54) is 12.7 Å². The summed E-state index contributed by atoms with van der Waals surface area (Å²) >= 11 is 5.76. The molecule has 0 bridgehead atoms. The third-order valence-corrected chi connectivity index (χ3v) is 4.79. The highest BCUT2D eigenvalue weighted by Crippen LogP contribution is 2.32. The summed E-state index contributed by atoms with van der Waals surface area (Å²) in [4.78, 5) is 12.7. The molecule has 1 saturated heterocycles. The molecule has 1 fully saturated rings. The molecular formula is C15H22ClN5O4. The van der Waals surface area contributed by atoms with Crippen LogP contribution >= 0.6 is 11.6 Å². The van der Waals surface area contributed by atoms with Gasteiger partial charge in [0.25, 0.3) is 0 Å². The second kappa shape index (κ2) is 7.38. The van der Waals surface area contributed by atoms with Gasteiger partial charge >= 0.3 is 0 Å². The minimum absolute atomic E-state index is 0.0650. The van der Waals surface area contributed by atoms with Crippen LogP contribution in [0.25, 0.3) is 11.2 Å². The average Bonchev–Trinajstić information content (AvgIpc) is 3.16. The highest BCUT2D eigenvalue weighted by atomic mass is 35.5. The van der Waals surface area contributed by atoms with Gasteiger partial charge in [-0.1, -0.05) is 6.92 Å². The molecule has 1 aliphatic heterocycles. The zero-order valence-corrected chi connectivity index (χ0v) is 14.7. The van der Waals surface area contributed by atoms with Crippen LogP contribution in [-0.2, 0) is 4.74 Å². The first-order chi connectivity index (χ1) is 12.0. The molecule has 10 heteroatoms. The van der Waals surface area contributed by atoms with Crippen LogP contribution in [0.5, 0.6) is 0 Å². The van der Waals surface area contributed by atoms with E-state index in [2.05, 4.69) is 20.3 Å². The van der Waals surface area contributed by atoms with Gasteiger partial charge in [0.05, 0.1) is 24.4 Å². The van der Waals surface area contributed by atoms with Crippen molar-refractivity contribution < 1.29 is 20.1 Å². The van der Waals surface area contributed by atoms with E-state index in [4.69, 9.17) is 16.3 Å². The smallest absolute Gasteiger partial charge is 0.167 e.